The van der Waals surface area contributed by atoms with Crippen LogP contribution in [-0.2, 0) is 13.0 Å². The van der Waals surface area contributed by atoms with E-state index in [-0.39, 0.29) is 0 Å². The molecule has 0 aliphatic heterocycles. The Labute approximate surface area is 114 Å². The van der Waals surface area contributed by atoms with Gasteiger partial charge in [0.2, 0.25) is 0 Å². The Balaban J connectivity index is 2.03. The van der Waals surface area contributed by atoms with Gasteiger partial charge in [0.05, 0.1) is 11.0 Å². The molecule has 1 heterocycles. The molecule has 0 N–H and O–H groups in total. The van der Waals surface area contributed by atoms with Crippen LogP contribution in [0.25, 0.3) is 11.0 Å². The summed E-state index contributed by atoms with van der Waals surface area (Å²) in [5.41, 5.74) is 2.86. The van der Waals surface area contributed by atoms with Gasteiger partial charge in [-0.25, -0.2) is 4.98 Å². The normalized spacial score (nSPS) is 17.2. The van der Waals surface area contributed by atoms with Crippen molar-refractivity contribution in [1.29, 1.82) is 0 Å². The second-order valence-electron chi connectivity index (χ2n) is 5.51. The summed E-state index contributed by atoms with van der Waals surface area (Å²) in [6.07, 6.45) is 4.84. The van der Waals surface area contributed by atoms with Crippen LogP contribution in [0.15, 0.2) is 24.3 Å². The van der Waals surface area contributed by atoms with E-state index >= 15 is 0 Å². The van der Waals surface area contributed by atoms with Gasteiger partial charge in [-0.1, -0.05) is 19.1 Å². The van der Waals surface area contributed by atoms with E-state index in [1.165, 1.54) is 24.2 Å². The number of fused-ring (bicyclic) bond motifs is 1. The molecule has 2 aromatic rings. The number of imidazole rings is 1. The van der Waals surface area contributed by atoms with E-state index in [0.29, 0.717) is 5.41 Å². The van der Waals surface area contributed by atoms with Crippen molar-refractivity contribution in [2.24, 2.45) is 5.41 Å². The quantitative estimate of drug-likeness (QED) is 0.812. The molecule has 0 spiro atoms. The minimum absolute atomic E-state index is 0.440. The topological polar surface area (TPSA) is 17.8 Å². The fraction of sp³-hybridized carbons (Fsp3) is 0.533. The molecule has 0 amide bonds. The predicted molar refractivity (Wildman–Crippen MR) is 79.2 cm³/mol. The molecular formula is C15H20N2S. The van der Waals surface area contributed by atoms with Gasteiger partial charge in [0.15, 0.2) is 0 Å². The molecule has 1 fully saturated rings. The highest BCUT2D eigenvalue weighted by Gasteiger charge is 2.42. The number of benzene rings is 1. The highest BCUT2D eigenvalue weighted by atomic mass is 32.1. The number of aryl methyl sites for hydroxylation is 1. The van der Waals surface area contributed by atoms with Crippen LogP contribution in [0.1, 0.15) is 32.0 Å². The molecule has 1 aliphatic rings. The zero-order valence-electron chi connectivity index (χ0n) is 10.9. The van der Waals surface area contributed by atoms with Crippen molar-refractivity contribution in [3.8, 4) is 0 Å². The summed E-state index contributed by atoms with van der Waals surface area (Å²) in [5, 5.41) is 0. The van der Waals surface area contributed by atoms with E-state index in [1.54, 1.807) is 0 Å². The summed E-state index contributed by atoms with van der Waals surface area (Å²) >= 11 is 4.52. The van der Waals surface area contributed by atoms with Gasteiger partial charge in [0.25, 0.3) is 0 Å². The molecule has 0 bridgehead atoms. The minimum Gasteiger partial charge on any atom is -0.327 e. The summed E-state index contributed by atoms with van der Waals surface area (Å²) in [7, 11) is 0. The van der Waals surface area contributed by atoms with Crippen LogP contribution in [-0.4, -0.2) is 15.3 Å². The molecule has 0 unspecified atom stereocenters. The highest BCUT2D eigenvalue weighted by molar-refractivity contribution is 7.80. The molecule has 96 valence electrons. The van der Waals surface area contributed by atoms with E-state index in [9.17, 15) is 0 Å². The van der Waals surface area contributed by atoms with Gasteiger partial charge in [-0.05, 0) is 42.6 Å². The summed E-state index contributed by atoms with van der Waals surface area (Å²) in [6.45, 7) is 3.31. The average Bonchev–Trinajstić information content (AvgIpc) is 3.09. The minimum atomic E-state index is 0.440. The van der Waals surface area contributed by atoms with Gasteiger partial charge in [-0.3, -0.25) is 0 Å². The lowest BCUT2D eigenvalue weighted by atomic mass is 10.1. The zero-order valence-corrected chi connectivity index (χ0v) is 11.8. The molecule has 3 rings (SSSR count). The average molecular weight is 260 g/mol. The SMILES string of the molecule is CCCc1nc2ccccc2n1CC1(CS)CC1. The number of rotatable bonds is 5. The van der Waals surface area contributed by atoms with Gasteiger partial charge < -0.3 is 4.57 Å². The predicted octanol–water partition coefficient (Wildman–Crippen LogP) is 3.70. The maximum atomic E-state index is 4.79. The van der Waals surface area contributed by atoms with Crippen molar-refractivity contribution < 1.29 is 0 Å². The fourth-order valence-electron chi connectivity index (χ4n) is 2.59. The number of nitrogens with zero attached hydrogens (tertiary/aromatic N) is 2. The Morgan fingerprint density at radius 2 is 2.11 bits per heavy atom. The van der Waals surface area contributed by atoms with Crippen molar-refractivity contribution >= 4 is 23.7 Å². The van der Waals surface area contributed by atoms with Crippen LogP contribution < -0.4 is 0 Å². The lowest BCUT2D eigenvalue weighted by molar-refractivity contribution is 0.469. The maximum absolute atomic E-state index is 4.79. The largest absolute Gasteiger partial charge is 0.327 e. The molecule has 1 aromatic heterocycles. The third-order valence-electron chi connectivity index (χ3n) is 3.99. The first-order chi connectivity index (χ1) is 8.78. The van der Waals surface area contributed by atoms with E-state index in [0.717, 1.165) is 30.7 Å². The molecule has 3 heteroatoms. The third-order valence-corrected chi connectivity index (χ3v) is 4.66. The summed E-state index contributed by atoms with van der Waals surface area (Å²) < 4.78 is 2.43. The molecule has 0 radical (unpaired) electrons. The lowest BCUT2D eigenvalue weighted by Gasteiger charge is -2.16. The van der Waals surface area contributed by atoms with Crippen molar-refractivity contribution in [2.75, 3.05) is 5.75 Å². The molecule has 2 nitrogen and oxygen atoms in total. The second-order valence-corrected chi connectivity index (χ2v) is 5.83. The first-order valence-electron chi connectivity index (χ1n) is 6.83. The smallest absolute Gasteiger partial charge is 0.109 e. The van der Waals surface area contributed by atoms with Crippen LogP contribution in [0.2, 0.25) is 0 Å². The van der Waals surface area contributed by atoms with Gasteiger partial charge in [0, 0.05) is 13.0 Å². The summed E-state index contributed by atoms with van der Waals surface area (Å²) in [4.78, 5) is 4.79. The van der Waals surface area contributed by atoms with Crippen molar-refractivity contribution in [3.63, 3.8) is 0 Å². The molecule has 18 heavy (non-hydrogen) atoms. The Bertz CT molecular complexity index is 555. The van der Waals surface area contributed by atoms with Crippen molar-refractivity contribution in [1.82, 2.24) is 9.55 Å². The number of hydrogen-bond donors (Lipinski definition) is 1. The first kappa shape index (κ1) is 12.1. The zero-order chi connectivity index (χ0) is 12.6. The van der Waals surface area contributed by atoms with Crippen molar-refractivity contribution in [3.05, 3.63) is 30.1 Å². The molecule has 0 atom stereocenters. The lowest BCUT2D eigenvalue weighted by Crippen LogP contribution is -2.15. The van der Waals surface area contributed by atoms with Crippen LogP contribution in [0.4, 0.5) is 0 Å². The van der Waals surface area contributed by atoms with Gasteiger partial charge in [-0.15, -0.1) is 0 Å². The number of aromatic nitrogens is 2. The second kappa shape index (κ2) is 4.61. The Hall–Kier alpha value is -0.960. The first-order valence-corrected chi connectivity index (χ1v) is 7.46. The monoisotopic (exact) mass is 260 g/mol. The number of para-hydroxylation sites is 2. The molecule has 0 saturated heterocycles. The van der Waals surface area contributed by atoms with Crippen LogP contribution in [0, 0.1) is 5.41 Å². The summed E-state index contributed by atoms with van der Waals surface area (Å²) in [5.74, 6) is 2.23. The Morgan fingerprint density at radius 1 is 1.33 bits per heavy atom. The van der Waals surface area contributed by atoms with E-state index in [1.807, 2.05) is 0 Å². The molecule has 1 aromatic carbocycles. The van der Waals surface area contributed by atoms with Gasteiger partial charge in [0.1, 0.15) is 5.82 Å². The Kier molecular flexibility index (Phi) is 3.10. The van der Waals surface area contributed by atoms with Crippen LogP contribution in [0.3, 0.4) is 0 Å². The Morgan fingerprint density at radius 3 is 2.78 bits per heavy atom. The number of thiol groups is 1. The standard InChI is InChI=1S/C15H20N2S/c1-2-5-14-16-12-6-3-4-7-13(12)17(14)10-15(11-18)8-9-15/h3-4,6-7,18H,2,5,8-11H2,1H3. The van der Waals surface area contributed by atoms with Gasteiger partial charge in [-0.2, -0.15) is 12.6 Å². The van der Waals surface area contributed by atoms with Crippen LogP contribution in [0.5, 0.6) is 0 Å². The highest BCUT2D eigenvalue weighted by Crippen LogP contribution is 2.48. The number of hydrogen-bond acceptors (Lipinski definition) is 2. The molecule has 1 saturated carbocycles. The van der Waals surface area contributed by atoms with E-state index < -0.39 is 0 Å². The van der Waals surface area contributed by atoms with E-state index in [4.69, 9.17) is 4.98 Å². The third kappa shape index (κ3) is 2.05. The summed E-state index contributed by atoms with van der Waals surface area (Å²) in [6, 6.07) is 8.48. The van der Waals surface area contributed by atoms with Gasteiger partial charge >= 0.3 is 0 Å². The molecule has 1 aliphatic carbocycles. The molecular weight excluding hydrogens is 240 g/mol. The van der Waals surface area contributed by atoms with Crippen LogP contribution >= 0.6 is 12.6 Å². The van der Waals surface area contributed by atoms with Crippen molar-refractivity contribution in [2.45, 2.75) is 39.2 Å². The maximum Gasteiger partial charge on any atom is 0.109 e. The fourth-order valence-corrected chi connectivity index (χ4v) is 3.01. The van der Waals surface area contributed by atoms with E-state index in [2.05, 4.69) is 48.4 Å².